The molecule has 42 valence electrons. The Labute approximate surface area is 54.5 Å². The van der Waals surface area contributed by atoms with Crippen molar-refractivity contribution in [3.8, 4) is 0 Å². The molecule has 0 unspecified atom stereocenters. The molecule has 0 aliphatic heterocycles. The van der Waals surface area contributed by atoms with Gasteiger partial charge in [-0.1, -0.05) is 30.5 Å². The zero-order valence-electron chi connectivity index (χ0n) is 4.13. The molecule has 0 aliphatic rings. The zero-order chi connectivity index (χ0) is 5.70. The SMILES string of the molecule is CN(S)C/C=C/Cl. The fraction of sp³-hybridized carbons (Fsp3) is 0.500. The quantitative estimate of drug-likeness (QED) is 0.565. The molecule has 3 heteroatoms. The van der Waals surface area contributed by atoms with Crippen molar-refractivity contribution in [3.63, 3.8) is 0 Å². The Bertz CT molecular complexity index is 62.7. The molecule has 0 heterocycles. The molecular weight excluding hydrogens is 130 g/mol. The van der Waals surface area contributed by atoms with E-state index >= 15 is 0 Å². The molecule has 0 aliphatic carbocycles. The van der Waals surface area contributed by atoms with Crippen molar-refractivity contribution in [2.75, 3.05) is 13.6 Å². The van der Waals surface area contributed by atoms with Crippen molar-refractivity contribution in [2.24, 2.45) is 0 Å². The third-order valence-corrected chi connectivity index (χ3v) is 0.800. The lowest BCUT2D eigenvalue weighted by molar-refractivity contribution is 0.645. The van der Waals surface area contributed by atoms with Crippen LogP contribution in [-0.4, -0.2) is 17.9 Å². The third kappa shape index (κ3) is 6.34. The van der Waals surface area contributed by atoms with Gasteiger partial charge in [0.25, 0.3) is 0 Å². The Morgan fingerprint density at radius 2 is 2.43 bits per heavy atom. The highest BCUT2D eigenvalue weighted by atomic mass is 35.5. The van der Waals surface area contributed by atoms with Crippen LogP contribution in [0.3, 0.4) is 0 Å². The van der Waals surface area contributed by atoms with Crippen LogP contribution in [0.15, 0.2) is 11.6 Å². The van der Waals surface area contributed by atoms with Crippen molar-refractivity contribution in [2.45, 2.75) is 0 Å². The van der Waals surface area contributed by atoms with Crippen LogP contribution in [-0.2, 0) is 0 Å². The van der Waals surface area contributed by atoms with E-state index in [0.717, 1.165) is 6.54 Å². The topological polar surface area (TPSA) is 3.24 Å². The summed E-state index contributed by atoms with van der Waals surface area (Å²) in [5.41, 5.74) is 1.48. The Balaban J connectivity index is 2.97. The lowest BCUT2D eigenvalue weighted by Gasteiger charge is -2.00. The molecule has 7 heavy (non-hydrogen) atoms. The molecular formula is C4H8ClNS. The van der Waals surface area contributed by atoms with Crippen LogP contribution < -0.4 is 0 Å². The summed E-state index contributed by atoms with van der Waals surface area (Å²) < 4.78 is 1.74. The van der Waals surface area contributed by atoms with Gasteiger partial charge in [0.15, 0.2) is 0 Å². The van der Waals surface area contributed by atoms with Gasteiger partial charge in [0.2, 0.25) is 0 Å². The molecule has 0 atom stereocenters. The van der Waals surface area contributed by atoms with Crippen LogP contribution in [0.25, 0.3) is 0 Å². The van der Waals surface area contributed by atoms with Crippen LogP contribution in [0.4, 0.5) is 0 Å². The summed E-state index contributed by atoms with van der Waals surface area (Å²) in [6.45, 7) is 0.784. The van der Waals surface area contributed by atoms with Crippen molar-refractivity contribution >= 4 is 24.4 Å². The Hall–Kier alpha value is 0.340. The van der Waals surface area contributed by atoms with Gasteiger partial charge in [-0.15, -0.1) is 0 Å². The van der Waals surface area contributed by atoms with Gasteiger partial charge in [-0.25, -0.2) is 0 Å². The van der Waals surface area contributed by atoms with Gasteiger partial charge in [-0.05, 0) is 7.05 Å². The standard InChI is InChI=1S/C4H8ClNS/c1-6(7)4-2-3-5/h2-3,7H,4H2,1H3/b3-2+. The lowest BCUT2D eigenvalue weighted by atomic mass is 10.6. The fourth-order valence-electron chi connectivity index (χ4n) is 0.192. The van der Waals surface area contributed by atoms with Gasteiger partial charge in [-0.3, -0.25) is 4.31 Å². The monoisotopic (exact) mass is 137 g/mol. The molecule has 0 aromatic rings. The summed E-state index contributed by atoms with van der Waals surface area (Å²) >= 11 is 9.16. The summed E-state index contributed by atoms with van der Waals surface area (Å²) in [4.78, 5) is 0. The third-order valence-electron chi connectivity index (χ3n) is 0.459. The Morgan fingerprint density at radius 3 is 2.57 bits per heavy atom. The molecule has 0 saturated heterocycles. The molecule has 0 aromatic heterocycles. The molecule has 0 fully saturated rings. The lowest BCUT2D eigenvalue weighted by Crippen LogP contribution is -2.02. The highest BCUT2D eigenvalue weighted by molar-refractivity contribution is 7.77. The number of thiol groups is 1. The molecule has 0 aromatic carbocycles. The van der Waals surface area contributed by atoms with Gasteiger partial charge < -0.3 is 0 Å². The van der Waals surface area contributed by atoms with Gasteiger partial charge in [-0.2, -0.15) is 0 Å². The highest BCUT2D eigenvalue weighted by Crippen LogP contribution is 1.86. The normalized spacial score (nSPS) is 11.4. The molecule has 0 rings (SSSR count). The predicted molar refractivity (Wildman–Crippen MR) is 36.6 cm³/mol. The number of hydrogen-bond donors (Lipinski definition) is 1. The molecule has 1 nitrogen and oxygen atoms in total. The first kappa shape index (κ1) is 7.34. The molecule has 0 saturated carbocycles. The van der Waals surface area contributed by atoms with Gasteiger partial charge >= 0.3 is 0 Å². The Morgan fingerprint density at radius 1 is 1.86 bits per heavy atom. The maximum atomic E-state index is 5.20. The summed E-state index contributed by atoms with van der Waals surface area (Å²) in [5, 5.41) is 0. The first-order valence-corrected chi connectivity index (χ1v) is 2.76. The minimum Gasteiger partial charge on any atom is -0.253 e. The van der Waals surface area contributed by atoms with Crippen LogP contribution in [0.1, 0.15) is 0 Å². The highest BCUT2D eigenvalue weighted by Gasteiger charge is 1.79. The zero-order valence-corrected chi connectivity index (χ0v) is 5.78. The molecule has 0 radical (unpaired) electrons. The number of hydrogen-bond acceptors (Lipinski definition) is 2. The van der Waals surface area contributed by atoms with E-state index in [-0.39, 0.29) is 0 Å². The van der Waals surface area contributed by atoms with E-state index in [2.05, 4.69) is 12.8 Å². The minimum atomic E-state index is 0.784. The molecule has 0 amide bonds. The van der Waals surface area contributed by atoms with E-state index in [9.17, 15) is 0 Å². The maximum absolute atomic E-state index is 5.20. The van der Waals surface area contributed by atoms with E-state index < -0.39 is 0 Å². The van der Waals surface area contributed by atoms with Gasteiger partial charge in [0, 0.05) is 12.1 Å². The van der Waals surface area contributed by atoms with Crippen molar-refractivity contribution in [3.05, 3.63) is 11.6 Å². The second-order valence-corrected chi connectivity index (χ2v) is 2.14. The summed E-state index contributed by atoms with van der Waals surface area (Å²) in [7, 11) is 1.86. The van der Waals surface area contributed by atoms with E-state index in [0.29, 0.717) is 0 Å². The minimum absolute atomic E-state index is 0.784. The van der Waals surface area contributed by atoms with E-state index in [4.69, 9.17) is 11.6 Å². The maximum Gasteiger partial charge on any atom is 0.0276 e. The number of rotatable bonds is 2. The van der Waals surface area contributed by atoms with E-state index in [1.54, 1.807) is 4.31 Å². The van der Waals surface area contributed by atoms with Crippen LogP contribution in [0, 0.1) is 0 Å². The average molecular weight is 138 g/mol. The molecule has 0 N–H and O–H groups in total. The van der Waals surface area contributed by atoms with Crippen LogP contribution in [0.5, 0.6) is 0 Å². The van der Waals surface area contributed by atoms with Crippen molar-refractivity contribution in [1.82, 2.24) is 4.31 Å². The number of nitrogens with zero attached hydrogens (tertiary/aromatic N) is 1. The second kappa shape index (κ2) is 4.50. The van der Waals surface area contributed by atoms with E-state index in [1.165, 1.54) is 5.54 Å². The number of likely N-dealkylation sites (N-methyl/N-ethyl adjacent to an activating group) is 1. The van der Waals surface area contributed by atoms with E-state index in [1.807, 2.05) is 13.1 Å². The average Bonchev–Trinajstić information content (AvgIpc) is 1.61. The predicted octanol–water partition coefficient (Wildman–Crippen LogP) is 1.52. The van der Waals surface area contributed by atoms with Gasteiger partial charge in [0.1, 0.15) is 0 Å². The second-order valence-electron chi connectivity index (χ2n) is 1.20. The first-order valence-electron chi connectivity index (χ1n) is 1.92. The summed E-state index contributed by atoms with van der Waals surface area (Å²) in [5.74, 6) is 0. The first-order chi connectivity index (χ1) is 3.27. The van der Waals surface area contributed by atoms with Crippen LogP contribution in [0.2, 0.25) is 0 Å². The largest absolute Gasteiger partial charge is 0.253 e. The van der Waals surface area contributed by atoms with Crippen molar-refractivity contribution in [1.29, 1.82) is 0 Å². The van der Waals surface area contributed by atoms with Gasteiger partial charge in [0.05, 0.1) is 0 Å². The summed E-state index contributed by atoms with van der Waals surface area (Å²) in [6, 6.07) is 0. The molecule has 0 bridgehead atoms. The smallest absolute Gasteiger partial charge is 0.0276 e. The fourth-order valence-corrected chi connectivity index (χ4v) is 0.366. The summed E-state index contributed by atoms with van der Waals surface area (Å²) in [6.07, 6.45) is 1.81. The molecule has 0 spiro atoms. The number of halogens is 1. The Kier molecular flexibility index (Phi) is 4.72. The van der Waals surface area contributed by atoms with Crippen LogP contribution >= 0.6 is 24.4 Å². The van der Waals surface area contributed by atoms with Crippen molar-refractivity contribution < 1.29 is 0 Å².